The molecule has 2 aliphatic heterocycles. The molecule has 2 fully saturated rings. The quantitative estimate of drug-likeness (QED) is 0.667. The number of carboxylic acid groups (broad SMARTS) is 1. The van der Waals surface area contributed by atoms with Gasteiger partial charge in [0.15, 0.2) is 11.5 Å². The summed E-state index contributed by atoms with van der Waals surface area (Å²) in [6, 6.07) is 3.15. The Bertz CT molecular complexity index is 657. The largest absolute Gasteiger partial charge is 0.490 e. The maximum Gasteiger partial charge on any atom is 0.321 e. The van der Waals surface area contributed by atoms with Crippen LogP contribution in [0.3, 0.4) is 0 Å². The number of carboxylic acids is 1. The molecule has 1 aromatic carbocycles. The molecule has 0 amide bonds. The van der Waals surface area contributed by atoms with Gasteiger partial charge in [0.25, 0.3) is 0 Å². The molecule has 1 aromatic rings. The molecule has 0 spiro atoms. The van der Waals surface area contributed by atoms with E-state index in [4.69, 9.17) is 30.9 Å². The van der Waals surface area contributed by atoms with Gasteiger partial charge in [-0.15, -0.1) is 11.8 Å². The van der Waals surface area contributed by atoms with Crippen LogP contribution in [0.25, 0.3) is 0 Å². The van der Waals surface area contributed by atoms with Crippen LogP contribution >= 0.6 is 23.4 Å². The molecule has 9 heteroatoms. The van der Waals surface area contributed by atoms with Crippen molar-refractivity contribution in [1.82, 2.24) is 10.2 Å². The van der Waals surface area contributed by atoms with Gasteiger partial charge in [-0.05, 0) is 24.6 Å². The average molecular weight is 417 g/mol. The molecule has 0 aliphatic carbocycles. The van der Waals surface area contributed by atoms with Crippen molar-refractivity contribution in [2.75, 3.05) is 51.8 Å². The van der Waals surface area contributed by atoms with E-state index in [9.17, 15) is 4.79 Å². The number of nitrogens with zero attached hydrogens (tertiary/aromatic N) is 1. The van der Waals surface area contributed by atoms with Crippen LogP contribution in [0.4, 0.5) is 0 Å². The van der Waals surface area contributed by atoms with Crippen molar-refractivity contribution < 1.29 is 24.1 Å². The van der Waals surface area contributed by atoms with Crippen molar-refractivity contribution in [3.63, 3.8) is 0 Å². The Morgan fingerprint density at radius 2 is 2.19 bits per heavy atom. The Morgan fingerprint density at radius 3 is 2.85 bits per heavy atom. The van der Waals surface area contributed by atoms with Crippen molar-refractivity contribution >= 4 is 29.3 Å². The van der Waals surface area contributed by atoms with Gasteiger partial charge < -0.3 is 19.3 Å². The predicted molar refractivity (Wildman–Crippen MR) is 105 cm³/mol. The summed E-state index contributed by atoms with van der Waals surface area (Å²) in [6.07, 6.45) is 0. The van der Waals surface area contributed by atoms with Crippen LogP contribution in [0.1, 0.15) is 17.9 Å². The predicted octanol–water partition coefficient (Wildman–Crippen LogP) is 2.24. The summed E-state index contributed by atoms with van der Waals surface area (Å²) < 4.78 is 17.0. The van der Waals surface area contributed by atoms with E-state index in [1.165, 1.54) is 0 Å². The van der Waals surface area contributed by atoms with E-state index in [1.54, 1.807) is 11.8 Å². The van der Waals surface area contributed by atoms with E-state index in [0.29, 0.717) is 35.5 Å². The van der Waals surface area contributed by atoms with Crippen LogP contribution < -0.4 is 14.8 Å². The van der Waals surface area contributed by atoms with E-state index in [2.05, 4.69) is 10.2 Å². The van der Waals surface area contributed by atoms with Gasteiger partial charge in [0.05, 0.1) is 30.2 Å². The topological polar surface area (TPSA) is 80.3 Å². The third-order valence-corrected chi connectivity index (χ3v) is 6.02. The molecule has 0 radical (unpaired) electrons. The number of halogens is 1. The van der Waals surface area contributed by atoms with E-state index in [0.717, 1.165) is 38.4 Å². The van der Waals surface area contributed by atoms with Crippen LogP contribution in [0.5, 0.6) is 11.5 Å². The molecule has 0 saturated carbocycles. The molecule has 7 nitrogen and oxygen atoms in total. The van der Waals surface area contributed by atoms with Gasteiger partial charge in [-0.25, -0.2) is 0 Å². The Labute approximate surface area is 168 Å². The monoisotopic (exact) mass is 416 g/mol. The second kappa shape index (κ2) is 9.84. The molecule has 2 unspecified atom stereocenters. The van der Waals surface area contributed by atoms with Crippen LogP contribution in [-0.2, 0) is 9.53 Å². The Balaban J connectivity index is 1.67. The smallest absolute Gasteiger partial charge is 0.321 e. The zero-order chi connectivity index (χ0) is 19.2. The third kappa shape index (κ3) is 5.42. The van der Waals surface area contributed by atoms with Crippen molar-refractivity contribution in [1.29, 1.82) is 0 Å². The number of carbonyl (C=O) groups is 1. The first-order valence-corrected chi connectivity index (χ1v) is 10.5. The number of hydrogen-bond acceptors (Lipinski definition) is 7. The molecule has 150 valence electrons. The van der Waals surface area contributed by atoms with Crippen LogP contribution in [-0.4, -0.2) is 73.8 Å². The third-order valence-electron chi connectivity index (χ3n) is 4.47. The zero-order valence-corrected chi connectivity index (χ0v) is 16.9. The van der Waals surface area contributed by atoms with Gasteiger partial charge in [-0.1, -0.05) is 11.6 Å². The summed E-state index contributed by atoms with van der Waals surface area (Å²) in [4.78, 5) is 13.4. The fraction of sp³-hybridized carbons (Fsp3) is 0.611. The highest BCUT2D eigenvalue weighted by Gasteiger charge is 2.31. The van der Waals surface area contributed by atoms with Gasteiger partial charge in [-0.2, -0.15) is 0 Å². The number of morpholine rings is 1. The Kier molecular flexibility index (Phi) is 7.49. The molecule has 2 heterocycles. The highest BCUT2D eigenvalue weighted by atomic mass is 35.5. The minimum atomic E-state index is -0.843. The lowest BCUT2D eigenvalue weighted by atomic mass is 10.2. The van der Waals surface area contributed by atoms with Crippen molar-refractivity contribution in [3.8, 4) is 11.5 Å². The van der Waals surface area contributed by atoms with Gasteiger partial charge >= 0.3 is 5.97 Å². The van der Waals surface area contributed by atoms with Crippen LogP contribution in [0, 0.1) is 0 Å². The second-order valence-corrected chi connectivity index (χ2v) is 7.88. The van der Waals surface area contributed by atoms with E-state index in [1.807, 2.05) is 19.1 Å². The van der Waals surface area contributed by atoms with E-state index < -0.39 is 12.0 Å². The Morgan fingerprint density at radius 1 is 1.41 bits per heavy atom. The lowest BCUT2D eigenvalue weighted by molar-refractivity contribution is -0.138. The lowest BCUT2D eigenvalue weighted by Crippen LogP contribution is -2.38. The number of rotatable bonds is 8. The zero-order valence-electron chi connectivity index (χ0n) is 15.3. The van der Waals surface area contributed by atoms with Gasteiger partial charge in [0, 0.05) is 25.4 Å². The summed E-state index contributed by atoms with van der Waals surface area (Å²) in [7, 11) is 0. The Hall–Kier alpha value is -1.19. The van der Waals surface area contributed by atoms with Crippen molar-refractivity contribution in [2.24, 2.45) is 0 Å². The summed E-state index contributed by atoms with van der Waals surface area (Å²) >= 11 is 8.02. The average Bonchev–Trinajstić information content (AvgIpc) is 3.15. The summed E-state index contributed by atoms with van der Waals surface area (Å²) in [5, 5.41) is 12.6. The van der Waals surface area contributed by atoms with Crippen molar-refractivity contribution in [2.45, 2.75) is 18.3 Å². The van der Waals surface area contributed by atoms with Crippen LogP contribution in [0.15, 0.2) is 12.1 Å². The fourth-order valence-electron chi connectivity index (χ4n) is 3.05. The first-order chi connectivity index (χ1) is 13.1. The number of benzene rings is 1. The fourth-order valence-corrected chi connectivity index (χ4v) is 4.54. The first kappa shape index (κ1) is 20.5. The van der Waals surface area contributed by atoms with Crippen LogP contribution in [0.2, 0.25) is 5.02 Å². The second-order valence-electron chi connectivity index (χ2n) is 6.34. The summed E-state index contributed by atoms with van der Waals surface area (Å²) in [6.45, 7) is 7.02. The number of thioether (sulfide) groups is 1. The molecule has 2 saturated heterocycles. The standard InChI is InChI=1S/C18H25ClN2O5S/c1-2-25-15-10-12(17-20-14(11-27-17)18(22)23)9-13(19)16(15)26-8-5-21-3-6-24-7-4-21/h9-10,14,17,20H,2-8,11H2,1H3,(H,22,23). The minimum Gasteiger partial charge on any atom is -0.490 e. The molecule has 0 aromatic heterocycles. The normalized spacial score (nSPS) is 23.3. The number of nitrogens with one attached hydrogen (secondary N) is 1. The highest BCUT2D eigenvalue weighted by Crippen LogP contribution is 2.42. The summed E-state index contributed by atoms with van der Waals surface area (Å²) in [5.74, 6) is 0.792. The van der Waals surface area contributed by atoms with E-state index in [-0.39, 0.29) is 5.37 Å². The molecule has 2 aliphatic rings. The number of aliphatic carboxylic acids is 1. The highest BCUT2D eigenvalue weighted by molar-refractivity contribution is 7.99. The molecule has 2 atom stereocenters. The molecule has 27 heavy (non-hydrogen) atoms. The first-order valence-electron chi connectivity index (χ1n) is 9.08. The molecule has 0 bridgehead atoms. The van der Waals surface area contributed by atoms with Crippen molar-refractivity contribution in [3.05, 3.63) is 22.7 Å². The van der Waals surface area contributed by atoms with E-state index >= 15 is 0 Å². The lowest BCUT2D eigenvalue weighted by Gasteiger charge is -2.26. The SMILES string of the molecule is CCOc1cc(C2NC(C(=O)O)CS2)cc(Cl)c1OCCN1CCOCC1. The molecule has 3 rings (SSSR count). The summed E-state index contributed by atoms with van der Waals surface area (Å²) in [5.41, 5.74) is 0.887. The number of ether oxygens (including phenoxy) is 3. The minimum absolute atomic E-state index is 0.134. The van der Waals surface area contributed by atoms with Gasteiger partial charge in [0.2, 0.25) is 0 Å². The van der Waals surface area contributed by atoms with Gasteiger partial charge in [0.1, 0.15) is 12.6 Å². The molecular weight excluding hydrogens is 392 g/mol. The molecular formula is C18H25ClN2O5S. The van der Waals surface area contributed by atoms with Gasteiger partial charge in [-0.3, -0.25) is 15.0 Å². The molecule has 2 N–H and O–H groups in total. The maximum absolute atomic E-state index is 11.2. The number of hydrogen-bond donors (Lipinski definition) is 2. The maximum atomic E-state index is 11.2.